The van der Waals surface area contributed by atoms with Gasteiger partial charge in [-0.2, -0.15) is 41.0 Å². The Kier molecular flexibility index (Phi) is 13.8. The van der Waals surface area contributed by atoms with Crippen LogP contribution in [-0.4, -0.2) is 3.21 Å². The number of fused-ring (bicyclic) bond motifs is 3. The number of rotatable bonds is 2. The monoisotopic (exact) mass is 684 g/mol. The number of allylic oxidation sites excluding steroid dienone is 4. The molecule has 0 fully saturated rings. The molecule has 2 aliphatic carbocycles. The van der Waals surface area contributed by atoms with Crippen molar-refractivity contribution in [1.82, 2.24) is 0 Å². The van der Waals surface area contributed by atoms with Gasteiger partial charge in [0.15, 0.2) is 0 Å². The molecule has 0 N–H and O–H groups in total. The average Bonchev–Trinajstić information content (AvgIpc) is 3.62. The van der Waals surface area contributed by atoms with Crippen molar-refractivity contribution >= 4 is 33.6 Å². The maximum Gasteiger partial charge on any atom is -0.0623 e. The van der Waals surface area contributed by atoms with Gasteiger partial charge in [-0.1, -0.05) is 107 Å². The summed E-state index contributed by atoms with van der Waals surface area (Å²) in [6.07, 6.45) is 9.38. The van der Waals surface area contributed by atoms with Gasteiger partial charge in [0.25, 0.3) is 0 Å². The second-order valence-corrected chi connectivity index (χ2v) is 14.7. The van der Waals surface area contributed by atoms with Crippen molar-refractivity contribution in [2.24, 2.45) is 0 Å². The SMILES string of the molecule is CC(C)(C)c1c[c-]c2c(c1)-c1cc(C(C)(C)C)ccc1C2.C[C](=[Zr+2])c1ccccc1.Cl.Cl.[C-]1=CC(c2ccccc2)=CC1. The zero-order valence-corrected chi connectivity index (χ0v) is 30.6. The molecule has 6 rings (SSSR count). The molecule has 0 aliphatic heterocycles. The predicted octanol–water partition coefficient (Wildman–Crippen LogP) is 11.1. The summed E-state index contributed by atoms with van der Waals surface area (Å²) >= 11 is 1.51. The molecule has 0 unspecified atom stereocenters. The second-order valence-electron chi connectivity index (χ2n) is 12.9. The summed E-state index contributed by atoms with van der Waals surface area (Å²) in [5, 5.41) is 0. The van der Waals surface area contributed by atoms with Crippen LogP contribution in [0.15, 0.2) is 103 Å². The van der Waals surface area contributed by atoms with Crippen molar-refractivity contribution in [3.63, 3.8) is 0 Å². The smallest absolute Gasteiger partial charge is 0.0623 e. The van der Waals surface area contributed by atoms with Crippen LogP contribution < -0.4 is 0 Å². The molecule has 4 aromatic carbocycles. The number of hydrogen-bond acceptors (Lipinski definition) is 0. The van der Waals surface area contributed by atoms with Crippen LogP contribution in [0.4, 0.5) is 0 Å². The normalized spacial score (nSPS) is 12.6. The molecule has 0 aromatic heterocycles. The molecule has 0 saturated carbocycles. The molecular weight excluding hydrogens is 643 g/mol. The third-order valence-electron chi connectivity index (χ3n) is 7.54. The quantitative estimate of drug-likeness (QED) is 0.162. The third-order valence-corrected chi connectivity index (χ3v) is 8.25. The zero-order valence-electron chi connectivity index (χ0n) is 26.5. The molecule has 0 atom stereocenters. The molecule has 0 nitrogen and oxygen atoms in total. The van der Waals surface area contributed by atoms with Gasteiger partial charge in [-0.25, -0.2) is 6.08 Å². The molecule has 43 heavy (non-hydrogen) atoms. The molecule has 0 heterocycles. The Labute approximate surface area is 287 Å². The Morgan fingerprint density at radius 1 is 0.721 bits per heavy atom. The van der Waals surface area contributed by atoms with Gasteiger partial charge in [-0.3, -0.25) is 6.08 Å². The molecule has 0 amide bonds. The van der Waals surface area contributed by atoms with Crippen LogP contribution >= 0.6 is 24.8 Å². The van der Waals surface area contributed by atoms with Crippen molar-refractivity contribution in [3.05, 3.63) is 149 Å². The molecular formula is C40H44Cl2Zr. The molecule has 2 aliphatic rings. The first kappa shape index (κ1) is 36.9. The van der Waals surface area contributed by atoms with Crippen LogP contribution in [0.1, 0.15) is 88.3 Å². The van der Waals surface area contributed by atoms with Crippen molar-refractivity contribution in [2.45, 2.75) is 72.1 Å². The molecule has 0 saturated heterocycles. The third kappa shape index (κ3) is 10.1. The Balaban J connectivity index is 0.000000247. The van der Waals surface area contributed by atoms with Crippen LogP contribution in [-0.2, 0) is 41.5 Å². The van der Waals surface area contributed by atoms with E-state index in [1.165, 1.54) is 77.5 Å². The van der Waals surface area contributed by atoms with Crippen molar-refractivity contribution < 1.29 is 24.2 Å². The summed E-state index contributed by atoms with van der Waals surface area (Å²) in [5.41, 5.74) is 12.7. The summed E-state index contributed by atoms with van der Waals surface area (Å²) in [4.78, 5) is 0. The fraction of sp³-hybridized carbons (Fsp3) is 0.275. The van der Waals surface area contributed by atoms with E-state index in [-0.39, 0.29) is 35.6 Å². The Morgan fingerprint density at radius 2 is 1.30 bits per heavy atom. The van der Waals surface area contributed by atoms with Crippen molar-refractivity contribution in [3.8, 4) is 11.1 Å². The van der Waals surface area contributed by atoms with Gasteiger partial charge in [0.2, 0.25) is 0 Å². The van der Waals surface area contributed by atoms with Gasteiger partial charge < -0.3 is 0 Å². The Morgan fingerprint density at radius 3 is 1.81 bits per heavy atom. The largest absolute Gasteiger partial charge is 0.272 e. The summed E-state index contributed by atoms with van der Waals surface area (Å²) in [6.45, 7) is 15.8. The van der Waals surface area contributed by atoms with Gasteiger partial charge >= 0.3 is 70.3 Å². The van der Waals surface area contributed by atoms with E-state index in [1.54, 1.807) is 0 Å². The first-order valence-corrected chi connectivity index (χ1v) is 15.8. The summed E-state index contributed by atoms with van der Waals surface area (Å²) in [6, 6.07) is 35.9. The van der Waals surface area contributed by atoms with Crippen LogP contribution in [0.25, 0.3) is 16.7 Å². The Bertz CT molecular complexity index is 1490. The molecule has 222 valence electrons. The summed E-state index contributed by atoms with van der Waals surface area (Å²) in [5.74, 6) is 0. The molecule has 3 heteroatoms. The van der Waals surface area contributed by atoms with Crippen LogP contribution in [0, 0.1) is 12.1 Å². The van der Waals surface area contributed by atoms with E-state index < -0.39 is 0 Å². The first-order chi connectivity index (χ1) is 19.4. The standard InChI is InChI=1S/C21H25.C11H9.C8H8.2ClH.Zr/c1-20(2,3)16-9-7-14-11-15-8-10-17(21(4,5)6)13-19(15)18(14)12-16;1-2-6-10(7-3-1)11-8-4-5-9-11;1-2-8-6-4-3-5-7-8;;;/h7,9-10,12-13H,11H2,1-6H3;1-3,6-9H,4H2;3-7H,1H3;2*1H;/q2*-1;;;;+2. The minimum Gasteiger partial charge on any atom is -0.272 e. The minimum absolute atomic E-state index is 0. The zero-order chi connectivity index (χ0) is 29.6. The van der Waals surface area contributed by atoms with Crippen LogP contribution in [0.5, 0.6) is 0 Å². The van der Waals surface area contributed by atoms with E-state index in [0.717, 1.165) is 12.8 Å². The van der Waals surface area contributed by atoms with E-state index in [2.05, 4.69) is 152 Å². The van der Waals surface area contributed by atoms with Gasteiger partial charge in [0.1, 0.15) is 0 Å². The van der Waals surface area contributed by atoms with E-state index in [4.69, 9.17) is 0 Å². The topological polar surface area (TPSA) is 0 Å². The maximum atomic E-state index is 3.53. The van der Waals surface area contributed by atoms with Gasteiger partial charge in [-0.15, -0.1) is 42.4 Å². The van der Waals surface area contributed by atoms with Crippen molar-refractivity contribution in [1.29, 1.82) is 0 Å². The fourth-order valence-electron chi connectivity index (χ4n) is 4.90. The van der Waals surface area contributed by atoms with E-state index in [9.17, 15) is 0 Å². The maximum absolute atomic E-state index is 3.53. The van der Waals surface area contributed by atoms with Crippen LogP contribution in [0.3, 0.4) is 0 Å². The predicted molar refractivity (Wildman–Crippen MR) is 188 cm³/mol. The van der Waals surface area contributed by atoms with Gasteiger partial charge in [0.05, 0.1) is 0 Å². The average molecular weight is 687 g/mol. The van der Waals surface area contributed by atoms with Crippen molar-refractivity contribution in [2.75, 3.05) is 0 Å². The van der Waals surface area contributed by atoms with Crippen LogP contribution in [0.2, 0.25) is 0 Å². The fourth-order valence-corrected chi connectivity index (χ4v) is 5.31. The molecule has 0 bridgehead atoms. The minimum atomic E-state index is 0. The van der Waals surface area contributed by atoms with Gasteiger partial charge in [0, 0.05) is 0 Å². The molecule has 0 radical (unpaired) electrons. The van der Waals surface area contributed by atoms with E-state index in [0.29, 0.717) is 0 Å². The molecule has 4 aromatic rings. The van der Waals surface area contributed by atoms with Gasteiger partial charge in [-0.05, 0) is 17.4 Å². The first-order valence-electron chi connectivity index (χ1n) is 14.5. The number of hydrogen-bond donors (Lipinski definition) is 0. The Hall–Kier alpha value is -2.31. The number of benzene rings is 4. The van der Waals surface area contributed by atoms with E-state index in [1.807, 2.05) is 12.1 Å². The summed E-state index contributed by atoms with van der Waals surface area (Å²) in [7, 11) is 0. The molecule has 0 spiro atoms. The number of halogens is 2. The second kappa shape index (κ2) is 16.1. The van der Waals surface area contributed by atoms with E-state index >= 15 is 0 Å². The summed E-state index contributed by atoms with van der Waals surface area (Å²) < 4.78 is 1.46.